The smallest absolute Gasteiger partial charge is 0.306 e. The van der Waals surface area contributed by atoms with Crippen LogP contribution in [0.15, 0.2) is 12.2 Å². The molecule has 3 N–H and O–H groups in total. The van der Waals surface area contributed by atoms with Crippen molar-refractivity contribution < 1.29 is 34.2 Å². The van der Waals surface area contributed by atoms with Crippen molar-refractivity contribution in [1.82, 2.24) is 0 Å². The first-order chi connectivity index (χ1) is 17.5. The van der Waals surface area contributed by atoms with E-state index < -0.39 is 35.7 Å². The summed E-state index contributed by atoms with van der Waals surface area (Å²) in [6.07, 6.45) is 19.3. The summed E-state index contributed by atoms with van der Waals surface area (Å²) in [7, 11) is 0. The van der Waals surface area contributed by atoms with Gasteiger partial charge in [-0.05, 0) is 32.1 Å². The third-order valence-electron chi connectivity index (χ3n) is 7.77. The summed E-state index contributed by atoms with van der Waals surface area (Å²) in [4.78, 5) is 34.3. The molecule has 0 aliphatic rings. The van der Waals surface area contributed by atoms with Crippen LogP contribution in [0, 0.1) is 17.8 Å². The van der Waals surface area contributed by atoms with Crippen molar-refractivity contribution in [2.24, 2.45) is 17.8 Å². The largest absolute Gasteiger partial charge is 0.481 e. The molecule has 0 heterocycles. The third-order valence-corrected chi connectivity index (χ3v) is 7.77. The molecule has 0 aliphatic carbocycles. The standard InChI is InChI=1S/C30H55NO6/c1-5-6-7-8-9-10-11-12-13-14-15-16-17-21-31(22-18-25(2)28(32)33,23-19-26(3)29(34)35)24-20-27(4)30(36)37/h13-14,25-27H,5-12,15-24H2,1-4H3,(H2-,32,33,34,35,36,37)/p+1/b14-13+. The Morgan fingerprint density at radius 3 is 1.30 bits per heavy atom. The van der Waals surface area contributed by atoms with E-state index >= 15 is 0 Å². The van der Waals surface area contributed by atoms with E-state index in [0.717, 1.165) is 32.2 Å². The number of carbonyl (C=O) groups is 3. The molecule has 0 aromatic heterocycles. The minimum atomic E-state index is -0.831. The van der Waals surface area contributed by atoms with Gasteiger partial charge in [0.25, 0.3) is 0 Å². The third kappa shape index (κ3) is 18.1. The van der Waals surface area contributed by atoms with Gasteiger partial charge in [-0.3, -0.25) is 14.4 Å². The Morgan fingerprint density at radius 1 is 0.568 bits per heavy atom. The molecular weight excluding hydrogens is 470 g/mol. The Kier molecular flexibility index (Phi) is 20.0. The van der Waals surface area contributed by atoms with Crippen LogP contribution in [0.2, 0.25) is 0 Å². The molecule has 3 atom stereocenters. The van der Waals surface area contributed by atoms with Crippen molar-refractivity contribution in [1.29, 1.82) is 0 Å². The van der Waals surface area contributed by atoms with E-state index in [9.17, 15) is 29.7 Å². The number of quaternary nitrogens is 1. The van der Waals surface area contributed by atoms with E-state index in [2.05, 4.69) is 19.1 Å². The number of carboxylic acids is 3. The Balaban J connectivity index is 4.92. The van der Waals surface area contributed by atoms with E-state index in [1.807, 2.05) is 0 Å². The molecule has 216 valence electrons. The number of nitrogens with zero attached hydrogens (tertiary/aromatic N) is 1. The number of allylic oxidation sites excluding steroid dienone is 2. The van der Waals surface area contributed by atoms with Gasteiger partial charge in [0.05, 0.1) is 43.9 Å². The first-order valence-corrected chi connectivity index (χ1v) is 14.7. The Morgan fingerprint density at radius 2 is 0.919 bits per heavy atom. The lowest BCUT2D eigenvalue weighted by molar-refractivity contribution is -0.929. The van der Waals surface area contributed by atoms with Gasteiger partial charge in [0.2, 0.25) is 0 Å². The molecule has 0 saturated carbocycles. The van der Waals surface area contributed by atoms with Crippen molar-refractivity contribution in [2.75, 3.05) is 26.2 Å². The van der Waals surface area contributed by atoms with Crippen LogP contribution in [0.1, 0.15) is 118 Å². The molecule has 0 rings (SSSR count). The molecule has 0 radical (unpaired) electrons. The van der Waals surface area contributed by atoms with Crippen LogP contribution in [0.5, 0.6) is 0 Å². The minimum absolute atomic E-state index is 0.485. The Hall–Kier alpha value is -1.89. The van der Waals surface area contributed by atoms with Crippen LogP contribution in [0.3, 0.4) is 0 Å². The predicted molar refractivity (Wildman–Crippen MR) is 150 cm³/mol. The van der Waals surface area contributed by atoms with Crippen LogP contribution >= 0.6 is 0 Å². The maximum atomic E-state index is 11.4. The summed E-state index contributed by atoms with van der Waals surface area (Å²) in [5.74, 6) is -3.95. The van der Waals surface area contributed by atoms with Gasteiger partial charge in [-0.2, -0.15) is 0 Å². The highest BCUT2D eigenvalue weighted by molar-refractivity contribution is 5.70. The average Bonchev–Trinajstić information content (AvgIpc) is 2.86. The maximum Gasteiger partial charge on any atom is 0.306 e. The van der Waals surface area contributed by atoms with Crippen LogP contribution in [0.25, 0.3) is 0 Å². The van der Waals surface area contributed by atoms with Gasteiger partial charge in [-0.15, -0.1) is 0 Å². The van der Waals surface area contributed by atoms with Gasteiger partial charge in [0.1, 0.15) is 0 Å². The van der Waals surface area contributed by atoms with Crippen molar-refractivity contribution in [3.05, 3.63) is 12.2 Å². The molecule has 0 fully saturated rings. The van der Waals surface area contributed by atoms with Gasteiger partial charge >= 0.3 is 17.9 Å². The van der Waals surface area contributed by atoms with Crippen LogP contribution in [-0.2, 0) is 14.4 Å². The van der Waals surface area contributed by atoms with E-state index in [-0.39, 0.29) is 0 Å². The zero-order valence-corrected chi connectivity index (χ0v) is 24.1. The van der Waals surface area contributed by atoms with E-state index in [4.69, 9.17) is 0 Å². The monoisotopic (exact) mass is 526 g/mol. The summed E-state index contributed by atoms with van der Waals surface area (Å²) in [6, 6.07) is 0. The first-order valence-electron chi connectivity index (χ1n) is 14.7. The second-order valence-corrected chi connectivity index (χ2v) is 11.2. The second-order valence-electron chi connectivity index (χ2n) is 11.2. The number of aliphatic carboxylic acids is 3. The lowest BCUT2D eigenvalue weighted by atomic mass is 10.0. The number of hydrogen-bond acceptors (Lipinski definition) is 3. The molecule has 0 amide bonds. The van der Waals surface area contributed by atoms with Crippen LogP contribution in [-0.4, -0.2) is 63.9 Å². The molecule has 7 heteroatoms. The molecular formula is C30H56NO6+. The van der Waals surface area contributed by atoms with E-state index in [1.54, 1.807) is 20.8 Å². The van der Waals surface area contributed by atoms with Gasteiger partial charge in [-0.1, -0.05) is 78.4 Å². The number of unbranched alkanes of at least 4 members (excludes halogenated alkanes) is 9. The molecule has 0 aromatic carbocycles. The number of hydrogen-bond donors (Lipinski definition) is 3. The van der Waals surface area contributed by atoms with E-state index in [1.165, 1.54) is 44.9 Å². The fourth-order valence-corrected chi connectivity index (χ4v) is 4.61. The molecule has 37 heavy (non-hydrogen) atoms. The highest BCUT2D eigenvalue weighted by atomic mass is 16.4. The van der Waals surface area contributed by atoms with Gasteiger partial charge < -0.3 is 19.8 Å². The maximum absolute atomic E-state index is 11.4. The van der Waals surface area contributed by atoms with Crippen molar-refractivity contribution in [2.45, 2.75) is 118 Å². The zero-order valence-electron chi connectivity index (χ0n) is 24.1. The molecule has 7 nitrogen and oxygen atoms in total. The molecule has 0 bridgehead atoms. The highest BCUT2D eigenvalue weighted by Crippen LogP contribution is 2.21. The van der Waals surface area contributed by atoms with Crippen molar-refractivity contribution in [3.63, 3.8) is 0 Å². The molecule has 3 unspecified atom stereocenters. The van der Waals surface area contributed by atoms with E-state index in [0.29, 0.717) is 43.4 Å². The summed E-state index contributed by atoms with van der Waals surface area (Å²) in [5, 5.41) is 28.2. The molecule has 0 aliphatic heterocycles. The topological polar surface area (TPSA) is 112 Å². The molecule has 0 saturated heterocycles. The van der Waals surface area contributed by atoms with Gasteiger partial charge in [-0.25, -0.2) is 0 Å². The van der Waals surface area contributed by atoms with Gasteiger partial charge in [0, 0.05) is 19.3 Å². The predicted octanol–water partition coefficient (Wildman–Crippen LogP) is 7.00. The van der Waals surface area contributed by atoms with Crippen molar-refractivity contribution in [3.8, 4) is 0 Å². The Bertz CT molecular complexity index is 603. The average molecular weight is 527 g/mol. The normalized spacial score (nSPS) is 15.8. The molecule has 0 aromatic rings. The fraction of sp³-hybridized carbons (Fsp3) is 0.833. The molecule has 0 spiro atoms. The first kappa shape index (κ1) is 35.1. The number of carboxylic acid groups (broad SMARTS) is 3. The van der Waals surface area contributed by atoms with Gasteiger partial charge in [0.15, 0.2) is 0 Å². The fourth-order valence-electron chi connectivity index (χ4n) is 4.61. The number of rotatable bonds is 25. The Labute approximate surface area is 225 Å². The summed E-state index contributed by atoms with van der Waals surface area (Å²) in [5.41, 5.74) is 0. The quantitative estimate of drug-likeness (QED) is 0.0670. The highest BCUT2D eigenvalue weighted by Gasteiger charge is 2.31. The van der Waals surface area contributed by atoms with Crippen LogP contribution < -0.4 is 0 Å². The van der Waals surface area contributed by atoms with Crippen molar-refractivity contribution >= 4 is 17.9 Å². The minimum Gasteiger partial charge on any atom is -0.481 e. The zero-order chi connectivity index (χ0) is 28.1. The summed E-state index contributed by atoms with van der Waals surface area (Å²) in [6.45, 7) is 10.0. The SMILES string of the molecule is CCCCCCCCC/C=C/CCCC[N+](CCC(C)C(=O)O)(CCC(C)C(=O)O)CCC(C)C(=O)O. The lowest BCUT2D eigenvalue weighted by Gasteiger charge is -2.40. The van der Waals surface area contributed by atoms with Crippen LogP contribution in [0.4, 0.5) is 0 Å². The lowest BCUT2D eigenvalue weighted by Crippen LogP contribution is -2.52. The second kappa shape index (κ2) is 21.1. The summed E-state index contributed by atoms with van der Waals surface area (Å²) >= 11 is 0. The summed E-state index contributed by atoms with van der Waals surface area (Å²) < 4.78 is 0.592.